The van der Waals surface area contributed by atoms with Crippen molar-refractivity contribution in [1.29, 1.82) is 0 Å². The Balaban J connectivity index is 1.53. The van der Waals surface area contributed by atoms with Crippen molar-refractivity contribution >= 4 is 23.1 Å². The van der Waals surface area contributed by atoms with Crippen molar-refractivity contribution in [3.8, 4) is 10.6 Å². The lowest BCUT2D eigenvalue weighted by Gasteiger charge is -2.09. The molecule has 124 valence electrons. The quantitative estimate of drug-likeness (QED) is 0.742. The Labute approximate surface area is 145 Å². The molecule has 2 aromatic heterocycles. The molecular formula is C18H20N4OS. The minimum absolute atomic E-state index is 0.197. The number of nitrogens with one attached hydrogen (secondary N) is 2. The van der Waals surface area contributed by atoms with Crippen molar-refractivity contribution in [1.82, 2.24) is 14.9 Å². The zero-order valence-electron chi connectivity index (χ0n) is 13.7. The highest BCUT2D eigenvalue weighted by Crippen LogP contribution is 2.23. The van der Waals surface area contributed by atoms with Crippen LogP contribution in [0.4, 0.5) is 10.5 Å². The van der Waals surface area contributed by atoms with Gasteiger partial charge >= 0.3 is 6.03 Å². The van der Waals surface area contributed by atoms with Gasteiger partial charge in [-0.1, -0.05) is 24.3 Å². The van der Waals surface area contributed by atoms with Gasteiger partial charge in [-0.3, -0.25) is 0 Å². The Kier molecular flexibility index (Phi) is 4.96. The maximum atomic E-state index is 12.0. The molecule has 5 nitrogen and oxygen atoms in total. The van der Waals surface area contributed by atoms with Crippen LogP contribution in [-0.2, 0) is 13.5 Å². The lowest BCUT2D eigenvalue weighted by atomic mass is 10.2. The van der Waals surface area contributed by atoms with Gasteiger partial charge in [0.05, 0.1) is 10.6 Å². The summed E-state index contributed by atoms with van der Waals surface area (Å²) in [5, 5.41) is 7.78. The number of anilines is 1. The number of aromatic nitrogens is 2. The number of aryl methyl sites for hydroxylation is 2. The molecule has 0 fully saturated rings. The molecule has 0 aliphatic carbocycles. The molecule has 0 spiro atoms. The van der Waals surface area contributed by atoms with E-state index in [9.17, 15) is 4.79 Å². The van der Waals surface area contributed by atoms with Crippen LogP contribution in [0.3, 0.4) is 0 Å². The minimum Gasteiger partial charge on any atom is -0.337 e. The Hall–Kier alpha value is -2.60. The van der Waals surface area contributed by atoms with Gasteiger partial charge in [0.1, 0.15) is 5.82 Å². The van der Waals surface area contributed by atoms with E-state index < -0.39 is 0 Å². The van der Waals surface area contributed by atoms with E-state index in [1.54, 1.807) is 11.3 Å². The summed E-state index contributed by atoms with van der Waals surface area (Å²) >= 11 is 1.67. The molecule has 0 radical (unpaired) electrons. The first kappa shape index (κ1) is 16.3. The van der Waals surface area contributed by atoms with Crippen LogP contribution in [0.1, 0.15) is 11.4 Å². The van der Waals surface area contributed by atoms with Crippen LogP contribution in [0, 0.1) is 6.92 Å². The summed E-state index contributed by atoms with van der Waals surface area (Å²) in [6.45, 7) is 2.50. The van der Waals surface area contributed by atoms with Gasteiger partial charge in [0.15, 0.2) is 0 Å². The molecule has 2 amide bonds. The van der Waals surface area contributed by atoms with Crippen LogP contribution in [0.2, 0.25) is 0 Å². The normalized spacial score (nSPS) is 10.6. The molecule has 0 unspecified atom stereocenters. The third-order valence-electron chi connectivity index (χ3n) is 3.77. The molecular weight excluding hydrogens is 320 g/mol. The molecule has 2 N–H and O–H groups in total. The Morgan fingerprint density at radius 1 is 1.25 bits per heavy atom. The van der Waals surface area contributed by atoms with Gasteiger partial charge in [-0.05, 0) is 30.0 Å². The largest absolute Gasteiger partial charge is 0.337 e. The number of nitrogens with zero attached hydrogens (tertiary/aromatic N) is 2. The van der Waals surface area contributed by atoms with Gasteiger partial charge in [-0.2, -0.15) is 0 Å². The van der Waals surface area contributed by atoms with Gasteiger partial charge in [-0.15, -0.1) is 11.3 Å². The maximum Gasteiger partial charge on any atom is 0.319 e. The van der Waals surface area contributed by atoms with E-state index >= 15 is 0 Å². The average molecular weight is 340 g/mol. The van der Waals surface area contributed by atoms with E-state index in [1.165, 1.54) is 0 Å². The number of thiophene rings is 1. The third kappa shape index (κ3) is 3.83. The maximum absolute atomic E-state index is 12.0. The molecule has 24 heavy (non-hydrogen) atoms. The second-order valence-corrected chi connectivity index (χ2v) is 6.52. The molecule has 0 atom stereocenters. The van der Waals surface area contributed by atoms with Crippen molar-refractivity contribution in [3.63, 3.8) is 0 Å². The summed E-state index contributed by atoms with van der Waals surface area (Å²) in [6, 6.07) is 11.6. The van der Waals surface area contributed by atoms with Crippen molar-refractivity contribution in [2.24, 2.45) is 7.05 Å². The van der Waals surface area contributed by atoms with E-state index in [0.29, 0.717) is 13.0 Å². The molecule has 3 aromatic rings. The first-order valence-corrected chi connectivity index (χ1v) is 8.68. The highest BCUT2D eigenvalue weighted by molar-refractivity contribution is 7.13. The molecule has 2 heterocycles. The van der Waals surface area contributed by atoms with Gasteiger partial charge < -0.3 is 15.2 Å². The average Bonchev–Trinajstić information content (AvgIpc) is 3.20. The summed E-state index contributed by atoms with van der Waals surface area (Å²) in [6.07, 6.45) is 2.71. The topological polar surface area (TPSA) is 59.0 Å². The van der Waals surface area contributed by atoms with Crippen molar-refractivity contribution < 1.29 is 4.79 Å². The fraction of sp³-hybridized carbons (Fsp3) is 0.222. The number of carbonyl (C=O) groups excluding carboxylic acids is 1. The molecule has 3 rings (SSSR count). The molecule has 1 aromatic carbocycles. The van der Waals surface area contributed by atoms with Gasteiger partial charge in [0.2, 0.25) is 0 Å². The summed E-state index contributed by atoms with van der Waals surface area (Å²) in [5.41, 5.74) is 2.84. The van der Waals surface area contributed by atoms with Crippen LogP contribution in [-0.4, -0.2) is 22.1 Å². The van der Waals surface area contributed by atoms with Crippen LogP contribution in [0.25, 0.3) is 10.6 Å². The monoisotopic (exact) mass is 340 g/mol. The molecule has 0 saturated heterocycles. The third-order valence-corrected chi connectivity index (χ3v) is 4.67. The highest BCUT2D eigenvalue weighted by Gasteiger charge is 2.09. The predicted octanol–water partition coefficient (Wildman–Crippen LogP) is 3.82. The number of urea groups is 1. The summed E-state index contributed by atoms with van der Waals surface area (Å²) < 4.78 is 2.01. The van der Waals surface area contributed by atoms with Crippen LogP contribution in [0.15, 0.2) is 48.0 Å². The second kappa shape index (κ2) is 7.31. The van der Waals surface area contributed by atoms with Crippen LogP contribution >= 0.6 is 11.3 Å². The number of amides is 2. The lowest BCUT2D eigenvalue weighted by Crippen LogP contribution is -2.31. The van der Waals surface area contributed by atoms with Crippen LogP contribution in [0.5, 0.6) is 0 Å². The Morgan fingerprint density at radius 3 is 2.83 bits per heavy atom. The van der Waals surface area contributed by atoms with E-state index in [2.05, 4.69) is 21.7 Å². The molecule has 0 bridgehead atoms. The zero-order valence-corrected chi connectivity index (χ0v) is 14.6. The highest BCUT2D eigenvalue weighted by atomic mass is 32.1. The number of imidazole rings is 1. The zero-order chi connectivity index (χ0) is 16.9. The predicted molar refractivity (Wildman–Crippen MR) is 98.4 cm³/mol. The van der Waals surface area contributed by atoms with E-state index in [0.717, 1.165) is 27.6 Å². The molecule has 0 saturated carbocycles. The van der Waals surface area contributed by atoms with Gasteiger partial charge in [-0.25, -0.2) is 9.78 Å². The first-order chi connectivity index (χ1) is 11.6. The van der Waals surface area contributed by atoms with Crippen molar-refractivity contribution in [2.75, 3.05) is 11.9 Å². The van der Waals surface area contributed by atoms with Gasteiger partial charge in [0.25, 0.3) is 0 Å². The minimum atomic E-state index is -0.197. The molecule has 0 aliphatic heterocycles. The smallest absolute Gasteiger partial charge is 0.319 e. The van der Waals surface area contributed by atoms with Crippen molar-refractivity contribution in [2.45, 2.75) is 13.3 Å². The number of rotatable bonds is 5. The lowest BCUT2D eigenvalue weighted by molar-refractivity contribution is 0.252. The fourth-order valence-electron chi connectivity index (χ4n) is 2.45. The van der Waals surface area contributed by atoms with Crippen molar-refractivity contribution in [3.05, 3.63) is 59.4 Å². The van der Waals surface area contributed by atoms with Gasteiger partial charge in [0, 0.05) is 31.9 Å². The standard InChI is InChI=1S/C18H20N4OS/c1-13-6-3-4-7-14(13)21-18(23)19-10-9-17-20-15(12-22(17)2)16-8-5-11-24-16/h3-8,11-12H,9-10H2,1-2H3,(H2,19,21,23). The summed E-state index contributed by atoms with van der Waals surface area (Å²) in [7, 11) is 1.98. The van der Waals surface area contributed by atoms with Crippen LogP contribution < -0.4 is 10.6 Å². The van der Waals surface area contributed by atoms with E-state index in [-0.39, 0.29) is 6.03 Å². The molecule has 6 heteroatoms. The number of benzene rings is 1. The number of para-hydroxylation sites is 1. The number of hydrogen-bond donors (Lipinski definition) is 2. The van der Waals surface area contributed by atoms with E-state index in [1.807, 2.05) is 60.4 Å². The summed E-state index contributed by atoms with van der Waals surface area (Å²) in [4.78, 5) is 17.8. The SMILES string of the molecule is Cc1ccccc1NC(=O)NCCc1nc(-c2cccs2)cn1C. The number of carbonyl (C=O) groups is 1. The number of hydrogen-bond acceptors (Lipinski definition) is 3. The Bertz CT molecular complexity index is 823. The first-order valence-electron chi connectivity index (χ1n) is 7.80. The summed E-state index contributed by atoms with van der Waals surface area (Å²) in [5.74, 6) is 0.953. The fourth-order valence-corrected chi connectivity index (χ4v) is 3.13. The second-order valence-electron chi connectivity index (χ2n) is 5.58. The molecule has 0 aliphatic rings. The van der Waals surface area contributed by atoms with E-state index in [4.69, 9.17) is 0 Å². The Morgan fingerprint density at radius 2 is 2.08 bits per heavy atom.